The molecule has 0 bridgehead atoms. The van der Waals surface area contributed by atoms with Gasteiger partial charge in [0.15, 0.2) is 6.61 Å². The smallest absolute Gasteiger partial charge is 0.262 e. The molecule has 0 atom stereocenters. The molecule has 2 amide bonds. The van der Waals surface area contributed by atoms with Gasteiger partial charge < -0.3 is 24.4 Å². The van der Waals surface area contributed by atoms with Gasteiger partial charge in [-0.1, -0.05) is 19.9 Å². The van der Waals surface area contributed by atoms with E-state index in [0.717, 1.165) is 6.42 Å². The number of benzene rings is 2. The average molecular weight is 441 g/mol. The lowest BCUT2D eigenvalue weighted by molar-refractivity contribution is -0.127. The standard InChI is InChI=1S/C25H32N2O5/c1-17(2)11-12-27-21-13-18(9-10-22(21)32-16-25(3,4)24(27)29)26-23(28)15-31-20-8-6-7-19(14-20)30-5/h6-10,13-14,17H,11-12,15-16H2,1-5H3,(H,26,28). The van der Waals surface area contributed by atoms with Crippen LogP contribution in [-0.4, -0.2) is 38.7 Å². The third-order valence-corrected chi connectivity index (χ3v) is 5.29. The average Bonchev–Trinajstić information content (AvgIpc) is 2.85. The molecule has 1 aliphatic heterocycles. The largest absolute Gasteiger partial charge is 0.497 e. The van der Waals surface area contributed by atoms with Crippen molar-refractivity contribution >= 4 is 23.2 Å². The Balaban J connectivity index is 1.74. The molecule has 0 saturated carbocycles. The molecule has 1 N–H and O–H groups in total. The highest BCUT2D eigenvalue weighted by atomic mass is 16.5. The highest BCUT2D eigenvalue weighted by Crippen LogP contribution is 2.38. The Morgan fingerprint density at radius 1 is 1.19 bits per heavy atom. The molecular weight excluding hydrogens is 408 g/mol. The Labute approximate surface area is 189 Å². The SMILES string of the molecule is COc1cccc(OCC(=O)Nc2ccc3c(c2)N(CCC(C)C)C(=O)C(C)(C)CO3)c1. The zero-order chi connectivity index (χ0) is 23.3. The van der Waals surface area contributed by atoms with Gasteiger partial charge in [-0.15, -0.1) is 0 Å². The Morgan fingerprint density at radius 3 is 2.66 bits per heavy atom. The number of carbonyl (C=O) groups is 2. The number of nitrogens with zero attached hydrogens (tertiary/aromatic N) is 1. The lowest BCUT2D eigenvalue weighted by Gasteiger charge is -2.28. The number of amides is 2. The minimum Gasteiger partial charge on any atom is -0.497 e. The molecular formula is C25H32N2O5. The first-order valence-corrected chi connectivity index (χ1v) is 10.8. The van der Waals surface area contributed by atoms with Gasteiger partial charge in [-0.25, -0.2) is 0 Å². The van der Waals surface area contributed by atoms with Crippen molar-refractivity contribution in [2.24, 2.45) is 11.3 Å². The van der Waals surface area contributed by atoms with Gasteiger partial charge in [-0.2, -0.15) is 0 Å². The summed E-state index contributed by atoms with van der Waals surface area (Å²) >= 11 is 0. The Bertz CT molecular complexity index is 971. The third kappa shape index (κ3) is 5.72. The van der Waals surface area contributed by atoms with Crippen molar-refractivity contribution in [3.05, 3.63) is 42.5 Å². The van der Waals surface area contributed by atoms with E-state index in [1.807, 2.05) is 13.8 Å². The Hall–Kier alpha value is -3.22. The maximum atomic E-state index is 13.2. The second-order valence-electron chi connectivity index (χ2n) is 9.01. The topological polar surface area (TPSA) is 77.1 Å². The van der Waals surface area contributed by atoms with Crippen LogP contribution in [0.1, 0.15) is 34.1 Å². The molecule has 172 valence electrons. The number of nitrogens with one attached hydrogen (secondary N) is 1. The summed E-state index contributed by atoms with van der Waals surface area (Å²) in [5.74, 6) is 2.00. The van der Waals surface area contributed by atoms with Crippen LogP contribution in [0.25, 0.3) is 0 Å². The molecule has 7 heteroatoms. The van der Waals surface area contributed by atoms with Crippen molar-refractivity contribution in [1.29, 1.82) is 0 Å². The van der Waals surface area contributed by atoms with E-state index in [1.54, 1.807) is 54.5 Å². The summed E-state index contributed by atoms with van der Waals surface area (Å²) in [6.45, 7) is 8.78. The summed E-state index contributed by atoms with van der Waals surface area (Å²) in [6.07, 6.45) is 0.867. The number of anilines is 2. The number of carbonyl (C=O) groups excluding carboxylic acids is 2. The van der Waals surface area contributed by atoms with Crippen LogP contribution in [-0.2, 0) is 9.59 Å². The minimum atomic E-state index is -0.635. The minimum absolute atomic E-state index is 0.0155. The molecule has 32 heavy (non-hydrogen) atoms. The van der Waals surface area contributed by atoms with Crippen LogP contribution in [0.3, 0.4) is 0 Å². The van der Waals surface area contributed by atoms with Crippen molar-refractivity contribution < 1.29 is 23.8 Å². The van der Waals surface area contributed by atoms with Crippen LogP contribution in [0.15, 0.2) is 42.5 Å². The fraction of sp³-hybridized carbons (Fsp3) is 0.440. The quantitative estimate of drug-likeness (QED) is 0.654. The molecule has 0 unspecified atom stereocenters. The summed E-state index contributed by atoms with van der Waals surface area (Å²) < 4.78 is 16.7. The van der Waals surface area contributed by atoms with Crippen molar-refractivity contribution in [2.45, 2.75) is 34.1 Å². The third-order valence-electron chi connectivity index (χ3n) is 5.29. The first-order chi connectivity index (χ1) is 15.2. The summed E-state index contributed by atoms with van der Waals surface area (Å²) in [6, 6.07) is 12.4. The molecule has 0 radical (unpaired) electrons. The molecule has 0 aromatic heterocycles. The van der Waals surface area contributed by atoms with Gasteiger partial charge in [0.2, 0.25) is 5.91 Å². The van der Waals surface area contributed by atoms with Crippen LogP contribution < -0.4 is 24.4 Å². The molecule has 1 aliphatic rings. The van der Waals surface area contributed by atoms with Gasteiger partial charge in [0, 0.05) is 18.3 Å². The zero-order valence-corrected chi connectivity index (χ0v) is 19.4. The number of ether oxygens (including phenoxy) is 3. The predicted molar refractivity (Wildman–Crippen MR) is 125 cm³/mol. The van der Waals surface area contributed by atoms with Crippen LogP contribution >= 0.6 is 0 Å². The summed E-state index contributed by atoms with van der Waals surface area (Å²) in [7, 11) is 1.57. The monoisotopic (exact) mass is 440 g/mol. The van der Waals surface area contributed by atoms with Gasteiger partial charge in [0.25, 0.3) is 5.91 Å². The first kappa shape index (κ1) is 23.4. The van der Waals surface area contributed by atoms with Crippen LogP contribution in [0.4, 0.5) is 11.4 Å². The first-order valence-electron chi connectivity index (χ1n) is 10.8. The van der Waals surface area contributed by atoms with Crippen molar-refractivity contribution in [1.82, 2.24) is 0 Å². The predicted octanol–water partition coefficient (Wildman–Crippen LogP) is 4.51. The lowest BCUT2D eigenvalue weighted by atomic mass is 9.92. The lowest BCUT2D eigenvalue weighted by Crippen LogP contribution is -2.42. The molecule has 3 rings (SSSR count). The Kier molecular flexibility index (Phi) is 7.28. The fourth-order valence-corrected chi connectivity index (χ4v) is 3.37. The molecule has 0 fully saturated rings. The van der Waals surface area contributed by atoms with Crippen LogP contribution in [0.5, 0.6) is 17.2 Å². The zero-order valence-electron chi connectivity index (χ0n) is 19.4. The van der Waals surface area contributed by atoms with Gasteiger partial charge in [-0.05, 0) is 56.5 Å². The molecule has 0 saturated heterocycles. The van der Waals surface area contributed by atoms with E-state index in [0.29, 0.717) is 47.7 Å². The highest BCUT2D eigenvalue weighted by Gasteiger charge is 2.37. The molecule has 2 aromatic carbocycles. The number of hydrogen-bond acceptors (Lipinski definition) is 5. The van der Waals surface area contributed by atoms with Gasteiger partial charge in [0.1, 0.15) is 23.9 Å². The van der Waals surface area contributed by atoms with Crippen molar-refractivity contribution in [3.63, 3.8) is 0 Å². The molecule has 1 heterocycles. The number of rotatable bonds is 8. The Morgan fingerprint density at radius 2 is 1.94 bits per heavy atom. The van der Waals surface area contributed by atoms with Crippen molar-refractivity contribution in [2.75, 3.05) is 37.1 Å². The van der Waals surface area contributed by atoms with E-state index >= 15 is 0 Å². The van der Waals surface area contributed by atoms with Crippen LogP contribution in [0.2, 0.25) is 0 Å². The van der Waals surface area contributed by atoms with E-state index in [2.05, 4.69) is 19.2 Å². The van der Waals surface area contributed by atoms with Gasteiger partial charge in [-0.3, -0.25) is 9.59 Å². The number of hydrogen-bond donors (Lipinski definition) is 1. The summed E-state index contributed by atoms with van der Waals surface area (Å²) in [5.41, 5.74) is 0.616. The maximum Gasteiger partial charge on any atom is 0.262 e. The number of methoxy groups -OCH3 is 1. The maximum absolute atomic E-state index is 13.2. The number of fused-ring (bicyclic) bond motifs is 1. The molecule has 0 spiro atoms. The van der Waals surface area contributed by atoms with Crippen molar-refractivity contribution in [3.8, 4) is 17.2 Å². The van der Waals surface area contributed by atoms with Crippen LogP contribution in [0, 0.1) is 11.3 Å². The second kappa shape index (κ2) is 9.94. The second-order valence-corrected chi connectivity index (χ2v) is 9.01. The van der Waals surface area contributed by atoms with E-state index in [9.17, 15) is 9.59 Å². The summed E-state index contributed by atoms with van der Waals surface area (Å²) in [4.78, 5) is 27.5. The molecule has 0 aliphatic carbocycles. The van der Waals surface area contributed by atoms with Gasteiger partial charge >= 0.3 is 0 Å². The van der Waals surface area contributed by atoms with E-state index < -0.39 is 5.41 Å². The van der Waals surface area contributed by atoms with E-state index in [-0.39, 0.29) is 18.4 Å². The fourth-order valence-electron chi connectivity index (χ4n) is 3.37. The van der Waals surface area contributed by atoms with Gasteiger partial charge in [0.05, 0.1) is 18.2 Å². The molecule has 7 nitrogen and oxygen atoms in total. The highest BCUT2D eigenvalue weighted by molar-refractivity contribution is 6.00. The normalized spacial score (nSPS) is 14.9. The molecule has 2 aromatic rings. The summed E-state index contributed by atoms with van der Waals surface area (Å²) in [5, 5.41) is 2.84. The van der Waals surface area contributed by atoms with E-state index in [4.69, 9.17) is 14.2 Å². The van der Waals surface area contributed by atoms with E-state index in [1.165, 1.54) is 0 Å².